The number of aryl methyl sites for hydroxylation is 2. The first-order valence-electron chi connectivity index (χ1n) is 9.30. The number of nitrogens with zero attached hydrogens (tertiary/aromatic N) is 1. The Hall–Kier alpha value is -3.87. The van der Waals surface area contributed by atoms with E-state index >= 15 is 0 Å². The monoisotopic (exact) mass is 406 g/mol. The molecular formula is C23H22N2O5. The SMILES string of the molecule is COc1ccc(C(=O)NC(=O)COC(=O)c2ccc(-n3c(C)ccc3C)cc2)cc1. The summed E-state index contributed by atoms with van der Waals surface area (Å²) in [6, 6.07) is 17.2. The summed E-state index contributed by atoms with van der Waals surface area (Å²) in [5.74, 6) is -1.34. The summed E-state index contributed by atoms with van der Waals surface area (Å²) < 4.78 is 12.1. The molecule has 0 aliphatic rings. The average Bonchev–Trinajstić information content (AvgIpc) is 3.10. The summed E-state index contributed by atoms with van der Waals surface area (Å²) in [6.45, 7) is 3.44. The van der Waals surface area contributed by atoms with E-state index in [-0.39, 0.29) is 0 Å². The predicted molar refractivity (Wildman–Crippen MR) is 111 cm³/mol. The Morgan fingerprint density at radius 3 is 1.97 bits per heavy atom. The maximum atomic E-state index is 12.2. The van der Waals surface area contributed by atoms with Crippen molar-refractivity contribution in [1.29, 1.82) is 0 Å². The summed E-state index contributed by atoms with van der Waals surface area (Å²) >= 11 is 0. The summed E-state index contributed by atoms with van der Waals surface area (Å²) in [5, 5.41) is 2.18. The summed E-state index contributed by atoms with van der Waals surface area (Å²) in [7, 11) is 1.52. The zero-order chi connectivity index (χ0) is 21.7. The zero-order valence-electron chi connectivity index (χ0n) is 17.0. The van der Waals surface area contributed by atoms with Gasteiger partial charge in [-0.1, -0.05) is 0 Å². The van der Waals surface area contributed by atoms with E-state index in [4.69, 9.17) is 9.47 Å². The second-order valence-electron chi connectivity index (χ2n) is 6.68. The van der Waals surface area contributed by atoms with E-state index in [0.29, 0.717) is 16.9 Å². The first kappa shape index (κ1) is 20.9. The molecular weight excluding hydrogens is 384 g/mol. The Morgan fingerprint density at radius 2 is 1.40 bits per heavy atom. The minimum absolute atomic E-state index is 0.293. The number of rotatable bonds is 6. The molecule has 0 radical (unpaired) electrons. The molecule has 154 valence electrons. The van der Waals surface area contributed by atoms with E-state index in [0.717, 1.165) is 17.1 Å². The predicted octanol–water partition coefficient (Wildman–Crippen LogP) is 3.22. The lowest BCUT2D eigenvalue weighted by Crippen LogP contribution is -2.34. The number of aromatic nitrogens is 1. The Kier molecular flexibility index (Phi) is 6.32. The number of hydrogen-bond acceptors (Lipinski definition) is 5. The summed E-state index contributed by atoms with van der Waals surface area (Å²) in [4.78, 5) is 36.2. The smallest absolute Gasteiger partial charge is 0.338 e. The van der Waals surface area contributed by atoms with Crippen LogP contribution in [0, 0.1) is 13.8 Å². The molecule has 0 saturated carbocycles. The molecule has 2 aromatic carbocycles. The average molecular weight is 406 g/mol. The number of benzene rings is 2. The first-order valence-corrected chi connectivity index (χ1v) is 9.30. The van der Waals surface area contributed by atoms with Gasteiger partial charge in [-0.2, -0.15) is 0 Å². The van der Waals surface area contributed by atoms with Gasteiger partial charge in [0.2, 0.25) is 0 Å². The maximum Gasteiger partial charge on any atom is 0.338 e. The van der Waals surface area contributed by atoms with Gasteiger partial charge in [-0.05, 0) is 74.5 Å². The largest absolute Gasteiger partial charge is 0.497 e. The fraction of sp³-hybridized carbons (Fsp3) is 0.174. The normalized spacial score (nSPS) is 10.4. The van der Waals surface area contributed by atoms with Crippen LogP contribution in [0.4, 0.5) is 0 Å². The molecule has 0 atom stereocenters. The van der Waals surface area contributed by atoms with Crippen LogP contribution in [0.2, 0.25) is 0 Å². The van der Waals surface area contributed by atoms with Crippen molar-refractivity contribution in [3.63, 3.8) is 0 Å². The van der Waals surface area contributed by atoms with Crippen LogP contribution < -0.4 is 10.1 Å². The van der Waals surface area contributed by atoms with Crippen LogP contribution >= 0.6 is 0 Å². The number of imide groups is 1. The highest BCUT2D eigenvalue weighted by molar-refractivity contribution is 6.05. The second kappa shape index (κ2) is 9.09. The molecule has 3 aromatic rings. The molecule has 0 aliphatic carbocycles. The van der Waals surface area contributed by atoms with Crippen molar-refractivity contribution >= 4 is 17.8 Å². The van der Waals surface area contributed by atoms with Gasteiger partial charge in [0.25, 0.3) is 11.8 Å². The lowest BCUT2D eigenvalue weighted by molar-refractivity contribution is -0.123. The van der Waals surface area contributed by atoms with Crippen molar-refractivity contribution in [3.8, 4) is 11.4 Å². The van der Waals surface area contributed by atoms with Crippen molar-refractivity contribution in [1.82, 2.24) is 9.88 Å². The molecule has 1 heterocycles. The van der Waals surface area contributed by atoms with Crippen LogP contribution in [-0.4, -0.2) is 36.1 Å². The number of ether oxygens (including phenoxy) is 2. The highest BCUT2D eigenvalue weighted by Crippen LogP contribution is 2.17. The fourth-order valence-electron chi connectivity index (χ4n) is 3.01. The fourth-order valence-corrected chi connectivity index (χ4v) is 3.01. The van der Waals surface area contributed by atoms with E-state index in [1.807, 2.05) is 38.1 Å². The van der Waals surface area contributed by atoms with Gasteiger partial charge in [0, 0.05) is 22.6 Å². The van der Waals surface area contributed by atoms with Crippen LogP contribution in [0.1, 0.15) is 32.1 Å². The lowest BCUT2D eigenvalue weighted by Gasteiger charge is -2.10. The van der Waals surface area contributed by atoms with E-state index < -0.39 is 24.4 Å². The third-order valence-electron chi connectivity index (χ3n) is 4.57. The van der Waals surface area contributed by atoms with E-state index in [1.165, 1.54) is 19.2 Å². The Morgan fingerprint density at radius 1 is 0.833 bits per heavy atom. The van der Waals surface area contributed by atoms with Crippen molar-refractivity contribution in [2.75, 3.05) is 13.7 Å². The quantitative estimate of drug-likeness (QED) is 0.635. The third-order valence-corrected chi connectivity index (χ3v) is 4.57. The van der Waals surface area contributed by atoms with E-state index in [1.54, 1.807) is 24.3 Å². The number of methoxy groups -OCH3 is 1. The van der Waals surface area contributed by atoms with Gasteiger partial charge in [0.15, 0.2) is 6.61 Å². The number of carbonyl (C=O) groups is 3. The van der Waals surface area contributed by atoms with Gasteiger partial charge in [-0.15, -0.1) is 0 Å². The van der Waals surface area contributed by atoms with Gasteiger partial charge in [0.05, 0.1) is 12.7 Å². The summed E-state index contributed by atoms with van der Waals surface area (Å²) in [5.41, 5.74) is 3.70. The van der Waals surface area contributed by atoms with Gasteiger partial charge < -0.3 is 14.0 Å². The number of hydrogen-bond donors (Lipinski definition) is 1. The van der Waals surface area contributed by atoms with Crippen molar-refractivity contribution < 1.29 is 23.9 Å². The molecule has 0 bridgehead atoms. The molecule has 0 fully saturated rings. The van der Waals surface area contributed by atoms with Gasteiger partial charge in [-0.25, -0.2) is 4.79 Å². The third kappa shape index (κ3) is 4.75. The molecule has 0 aliphatic heterocycles. The molecule has 3 rings (SSSR count). The molecule has 30 heavy (non-hydrogen) atoms. The minimum Gasteiger partial charge on any atom is -0.497 e. The van der Waals surface area contributed by atoms with Crippen LogP contribution in [0.3, 0.4) is 0 Å². The number of nitrogens with one attached hydrogen (secondary N) is 1. The molecule has 1 N–H and O–H groups in total. The van der Waals surface area contributed by atoms with E-state index in [2.05, 4.69) is 9.88 Å². The second-order valence-corrected chi connectivity index (χ2v) is 6.68. The molecule has 1 aromatic heterocycles. The molecule has 0 unspecified atom stereocenters. The number of esters is 1. The molecule has 7 heteroatoms. The van der Waals surface area contributed by atoms with Crippen LogP contribution in [0.25, 0.3) is 5.69 Å². The molecule has 7 nitrogen and oxygen atoms in total. The maximum absolute atomic E-state index is 12.2. The van der Waals surface area contributed by atoms with Crippen LogP contribution in [-0.2, 0) is 9.53 Å². The molecule has 2 amide bonds. The molecule has 0 spiro atoms. The van der Waals surface area contributed by atoms with Gasteiger partial charge in [0.1, 0.15) is 5.75 Å². The summed E-state index contributed by atoms with van der Waals surface area (Å²) in [6.07, 6.45) is 0. The Labute approximate surface area is 174 Å². The topological polar surface area (TPSA) is 86.6 Å². The van der Waals surface area contributed by atoms with Gasteiger partial charge in [-0.3, -0.25) is 14.9 Å². The highest BCUT2D eigenvalue weighted by Gasteiger charge is 2.14. The Bertz CT molecular complexity index is 1050. The van der Waals surface area contributed by atoms with Crippen molar-refractivity contribution in [3.05, 3.63) is 83.2 Å². The standard InChI is InChI=1S/C23H22N2O5/c1-15-4-5-16(2)25(15)19-10-6-18(7-11-19)23(28)30-14-21(26)24-22(27)17-8-12-20(29-3)13-9-17/h4-13H,14H2,1-3H3,(H,24,26,27). The van der Waals surface area contributed by atoms with E-state index in [9.17, 15) is 14.4 Å². The minimum atomic E-state index is -0.709. The van der Waals surface area contributed by atoms with Crippen molar-refractivity contribution in [2.24, 2.45) is 0 Å². The lowest BCUT2D eigenvalue weighted by atomic mass is 10.2. The number of amides is 2. The Balaban J connectivity index is 1.54. The highest BCUT2D eigenvalue weighted by atomic mass is 16.5. The molecule has 0 saturated heterocycles. The zero-order valence-corrected chi connectivity index (χ0v) is 17.0. The first-order chi connectivity index (χ1) is 14.4. The number of carbonyl (C=O) groups excluding carboxylic acids is 3. The van der Waals surface area contributed by atoms with Crippen LogP contribution in [0.15, 0.2) is 60.7 Å². The van der Waals surface area contributed by atoms with Gasteiger partial charge >= 0.3 is 5.97 Å². The van der Waals surface area contributed by atoms with Crippen molar-refractivity contribution in [2.45, 2.75) is 13.8 Å². The van der Waals surface area contributed by atoms with Crippen LogP contribution in [0.5, 0.6) is 5.75 Å².